The first-order valence-electron chi connectivity index (χ1n) is 7.88. The van der Waals surface area contributed by atoms with E-state index in [0.717, 1.165) is 27.9 Å². The topological polar surface area (TPSA) is 82.5 Å². The molecule has 0 fully saturated rings. The molecule has 0 spiro atoms. The Morgan fingerprint density at radius 3 is 2.78 bits per heavy atom. The number of aromatic nitrogens is 4. The Balaban J connectivity index is 1.82. The Labute approximate surface area is 149 Å². The molecular formula is C17H11F3N4O3. The first-order chi connectivity index (χ1) is 12.8. The van der Waals surface area contributed by atoms with Crippen LogP contribution in [0.4, 0.5) is 13.2 Å². The summed E-state index contributed by atoms with van der Waals surface area (Å²) in [6.07, 6.45) is -2.97. The average Bonchev–Trinajstić information content (AvgIpc) is 3.09. The zero-order valence-electron chi connectivity index (χ0n) is 13.8. The van der Waals surface area contributed by atoms with Gasteiger partial charge in [0.25, 0.3) is 5.78 Å². The van der Waals surface area contributed by atoms with Crippen molar-refractivity contribution in [1.82, 2.24) is 19.6 Å². The van der Waals surface area contributed by atoms with E-state index in [2.05, 4.69) is 15.1 Å². The number of rotatable bonds is 3. The van der Waals surface area contributed by atoms with E-state index in [1.807, 2.05) is 6.92 Å². The number of hydrogen-bond donors (Lipinski definition) is 0. The van der Waals surface area contributed by atoms with Gasteiger partial charge >= 0.3 is 11.8 Å². The lowest BCUT2D eigenvalue weighted by Crippen LogP contribution is -2.11. The normalized spacial score (nSPS) is 12.0. The van der Waals surface area contributed by atoms with Crippen molar-refractivity contribution < 1.29 is 22.3 Å². The quantitative estimate of drug-likeness (QED) is 0.508. The second-order valence-electron chi connectivity index (χ2n) is 5.65. The minimum Gasteiger partial charge on any atom is -0.439 e. The maximum absolute atomic E-state index is 13.1. The van der Waals surface area contributed by atoms with Crippen LogP contribution in [-0.4, -0.2) is 19.6 Å². The molecule has 3 heterocycles. The smallest absolute Gasteiger partial charge is 0.433 e. The molecule has 1 aromatic carbocycles. The lowest BCUT2D eigenvalue weighted by molar-refractivity contribution is -0.141. The molecule has 0 bridgehead atoms. The van der Waals surface area contributed by atoms with E-state index in [1.165, 1.54) is 12.1 Å². The fraction of sp³-hybridized carbons (Fsp3) is 0.176. The summed E-state index contributed by atoms with van der Waals surface area (Å²) in [5.41, 5.74) is -0.594. The summed E-state index contributed by atoms with van der Waals surface area (Å²) in [7, 11) is 0. The Kier molecular flexibility index (Phi) is 3.83. The summed E-state index contributed by atoms with van der Waals surface area (Å²) >= 11 is 0. The molecule has 0 saturated carbocycles. The number of halogens is 3. The van der Waals surface area contributed by atoms with Crippen LogP contribution in [0.25, 0.3) is 16.7 Å². The van der Waals surface area contributed by atoms with Crippen molar-refractivity contribution in [1.29, 1.82) is 0 Å². The maximum Gasteiger partial charge on any atom is 0.433 e. The molecule has 27 heavy (non-hydrogen) atoms. The fourth-order valence-corrected chi connectivity index (χ4v) is 2.69. The van der Waals surface area contributed by atoms with Crippen molar-refractivity contribution >= 4 is 16.7 Å². The minimum absolute atomic E-state index is 0.176. The summed E-state index contributed by atoms with van der Waals surface area (Å²) < 4.78 is 50.9. The lowest BCUT2D eigenvalue weighted by Gasteiger charge is -2.11. The van der Waals surface area contributed by atoms with Gasteiger partial charge in [-0.05, 0) is 24.1 Å². The SMILES string of the molecule is CCc1cc(=O)oc2cc(Oc3cc(C(F)(F)F)nc4ncnn34)ccc12. The van der Waals surface area contributed by atoms with Crippen LogP contribution in [0.3, 0.4) is 0 Å². The van der Waals surface area contributed by atoms with E-state index in [1.54, 1.807) is 12.1 Å². The summed E-state index contributed by atoms with van der Waals surface area (Å²) in [4.78, 5) is 18.8. The van der Waals surface area contributed by atoms with E-state index in [-0.39, 0.29) is 23.0 Å². The van der Waals surface area contributed by atoms with Gasteiger partial charge in [-0.15, -0.1) is 0 Å². The van der Waals surface area contributed by atoms with Crippen molar-refractivity contribution in [2.75, 3.05) is 0 Å². The molecule has 0 aliphatic carbocycles. The van der Waals surface area contributed by atoms with Crippen molar-refractivity contribution in [2.24, 2.45) is 0 Å². The van der Waals surface area contributed by atoms with Gasteiger partial charge in [0.15, 0.2) is 5.69 Å². The molecule has 10 heteroatoms. The second kappa shape index (κ2) is 6.08. The summed E-state index contributed by atoms with van der Waals surface area (Å²) in [5, 5.41) is 4.54. The number of aryl methyl sites for hydroxylation is 1. The van der Waals surface area contributed by atoms with Gasteiger partial charge in [-0.2, -0.15) is 27.8 Å². The van der Waals surface area contributed by atoms with Crippen molar-refractivity contribution in [3.05, 3.63) is 58.3 Å². The standard InChI is InChI=1S/C17H11F3N4O3/c1-2-9-5-15(25)27-12-6-10(3-4-11(9)12)26-14-7-13(17(18,19)20)23-16-21-8-22-24(14)16/h3-8H,2H2,1H3. The van der Waals surface area contributed by atoms with Crippen LogP contribution in [0.5, 0.6) is 11.6 Å². The zero-order chi connectivity index (χ0) is 19.2. The molecule has 0 saturated heterocycles. The summed E-state index contributed by atoms with van der Waals surface area (Å²) in [6.45, 7) is 1.90. The Morgan fingerprint density at radius 1 is 1.22 bits per heavy atom. The Bertz CT molecular complexity index is 1210. The second-order valence-corrected chi connectivity index (χ2v) is 5.65. The molecule has 4 rings (SSSR count). The van der Waals surface area contributed by atoms with Crippen LogP contribution in [0.1, 0.15) is 18.2 Å². The lowest BCUT2D eigenvalue weighted by atomic mass is 10.1. The van der Waals surface area contributed by atoms with Gasteiger partial charge in [-0.25, -0.2) is 9.78 Å². The molecule has 138 valence electrons. The highest BCUT2D eigenvalue weighted by Gasteiger charge is 2.34. The van der Waals surface area contributed by atoms with E-state index < -0.39 is 17.5 Å². The molecule has 0 radical (unpaired) electrons. The molecule has 0 atom stereocenters. The van der Waals surface area contributed by atoms with E-state index in [4.69, 9.17) is 9.15 Å². The van der Waals surface area contributed by atoms with Crippen LogP contribution in [0.2, 0.25) is 0 Å². The van der Waals surface area contributed by atoms with Crippen LogP contribution < -0.4 is 10.4 Å². The average molecular weight is 376 g/mol. The zero-order valence-corrected chi connectivity index (χ0v) is 13.8. The molecule has 0 aliphatic rings. The van der Waals surface area contributed by atoms with Gasteiger partial charge in [0.1, 0.15) is 17.7 Å². The van der Waals surface area contributed by atoms with E-state index >= 15 is 0 Å². The molecule has 7 nitrogen and oxygen atoms in total. The fourth-order valence-electron chi connectivity index (χ4n) is 2.69. The number of nitrogens with zero attached hydrogens (tertiary/aromatic N) is 4. The molecule has 4 aromatic rings. The van der Waals surface area contributed by atoms with Gasteiger partial charge in [0.2, 0.25) is 5.88 Å². The van der Waals surface area contributed by atoms with E-state index in [0.29, 0.717) is 6.42 Å². The monoisotopic (exact) mass is 376 g/mol. The summed E-state index contributed by atoms with van der Waals surface area (Å²) in [6, 6.07) is 6.81. The molecule has 0 amide bonds. The third-order valence-corrected chi connectivity index (χ3v) is 3.91. The van der Waals surface area contributed by atoms with Crippen molar-refractivity contribution in [3.8, 4) is 11.6 Å². The van der Waals surface area contributed by atoms with Gasteiger partial charge in [0.05, 0.1) is 0 Å². The Morgan fingerprint density at radius 2 is 2.04 bits per heavy atom. The van der Waals surface area contributed by atoms with Crippen molar-refractivity contribution in [2.45, 2.75) is 19.5 Å². The molecule has 0 aliphatic heterocycles. The van der Waals surface area contributed by atoms with Crippen LogP contribution >= 0.6 is 0 Å². The van der Waals surface area contributed by atoms with Gasteiger partial charge < -0.3 is 9.15 Å². The number of benzene rings is 1. The van der Waals surface area contributed by atoms with Crippen LogP contribution in [0, 0.1) is 0 Å². The number of alkyl halides is 3. The predicted molar refractivity (Wildman–Crippen MR) is 87.7 cm³/mol. The maximum atomic E-state index is 13.1. The minimum atomic E-state index is -4.67. The van der Waals surface area contributed by atoms with Gasteiger partial charge in [-0.3, -0.25) is 0 Å². The van der Waals surface area contributed by atoms with Gasteiger partial charge in [0, 0.05) is 23.6 Å². The molecule has 0 N–H and O–H groups in total. The number of hydrogen-bond acceptors (Lipinski definition) is 6. The molecular weight excluding hydrogens is 365 g/mol. The molecule has 0 unspecified atom stereocenters. The number of fused-ring (bicyclic) bond motifs is 2. The summed E-state index contributed by atoms with van der Waals surface area (Å²) in [5.74, 6) is -0.298. The first kappa shape index (κ1) is 17.0. The third-order valence-electron chi connectivity index (χ3n) is 3.91. The first-order valence-corrected chi connectivity index (χ1v) is 7.88. The third kappa shape index (κ3) is 3.09. The van der Waals surface area contributed by atoms with Crippen LogP contribution in [-0.2, 0) is 12.6 Å². The highest BCUT2D eigenvalue weighted by Crippen LogP contribution is 2.32. The highest BCUT2D eigenvalue weighted by atomic mass is 19.4. The molecule has 3 aromatic heterocycles. The van der Waals surface area contributed by atoms with Crippen molar-refractivity contribution in [3.63, 3.8) is 0 Å². The largest absolute Gasteiger partial charge is 0.439 e. The van der Waals surface area contributed by atoms with Gasteiger partial charge in [-0.1, -0.05) is 6.92 Å². The highest BCUT2D eigenvalue weighted by molar-refractivity contribution is 5.81. The predicted octanol–water partition coefficient (Wildman–Crippen LogP) is 3.60. The van der Waals surface area contributed by atoms with Crippen LogP contribution in [0.15, 0.2) is 45.9 Å². The van der Waals surface area contributed by atoms with E-state index in [9.17, 15) is 18.0 Å². The Hall–Kier alpha value is -3.43. The number of ether oxygens (including phenoxy) is 1.